The van der Waals surface area contributed by atoms with Crippen molar-refractivity contribution in [1.82, 2.24) is 9.97 Å². The summed E-state index contributed by atoms with van der Waals surface area (Å²) in [7, 11) is 0. The van der Waals surface area contributed by atoms with Gasteiger partial charge in [0.2, 0.25) is 0 Å². The summed E-state index contributed by atoms with van der Waals surface area (Å²) in [5.41, 5.74) is 11.8. The zero-order chi connectivity index (χ0) is 12.3. The van der Waals surface area contributed by atoms with Crippen molar-refractivity contribution in [2.45, 2.75) is 19.4 Å². The van der Waals surface area contributed by atoms with E-state index in [1.165, 1.54) is 0 Å². The molecule has 2 aromatic rings. The summed E-state index contributed by atoms with van der Waals surface area (Å²) < 4.78 is 0. The van der Waals surface area contributed by atoms with Gasteiger partial charge in [0, 0.05) is 11.6 Å². The summed E-state index contributed by atoms with van der Waals surface area (Å²) in [6.07, 6.45) is 2.73. The highest BCUT2D eigenvalue weighted by Gasteiger charge is 2.12. The van der Waals surface area contributed by atoms with Crippen LogP contribution >= 0.6 is 11.3 Å². The maximum Gasteiger partial charge on any atom is 0.149 e. The summed E-state index contributed by atoms with van der Waals surface area (Å²) >= 11 is 1.62. The highest BCUT2D eigenvalue weighted by molar-refractivity contribution is 7.09. The second-order valence-electron chi connectivity index (χ2n) is 3.65. The Kier molecular flexibility index (Phi) is 3.43. The van der Waals surface area contributed by atoms with Crippen LogP contribution in [0.15, 0.2) is 23.7 Å². The molecule has 0 saturated heterocycles. The Labute approximate surface area is 104 Å². The highest BCUT2D eigenvalue weighted by Crippen LogP contribution is 2.24. The first-order valence-electron chi connectivity index (χ1n) is 5.38. The van der Waals surface area contributed by atoms with E-state index in [-0.39, 0.29) is 6.04 Å². The molecule has 0 aliphatic rings. The normalized spacial score (nSPS) is 12.3. The zero-order valence-corrected chi connectivity index (χ0v) is 10.4. The molecule has 2 rings (SSSR count). The lowest BCUT2D eigenvalue weighted by Crippen LogP contribution is -2.11. The number of aromatic nitrogens is 2. The molecule has 0 aliphatic carbocycles. The molecule has 0 fully saturated rings. The molecule has 0 amide bonds. The smallest absolute Gasteiger partial charge is 0.149 e. The standard InChI is InChI=1S/C11H15N5S/c1-2-8(11-14-5-6-17-11)15-9-4-3-7(12)10(13)16-9/h3-6,8H,2,12H2,1H3,(H3,13,15,16). The molecule has 90 valence electrons. The van der Waals surface area contributed by atoms with Crippen molar-refractivity contribution in [3.8, 4) is 0 Å². The number of thiazole rings is 1. The van der Waals surface area contributed by atoms with Crippen LogP contribution in [0.3, 0.4) is 0 Å². The molecule has 0 saturated carbocycles. The fraction of sp³-hybridized carbons (Fsp3) is 0.273. The fourth-order valence-electron chi connectivity index (χ4n) is 1.49. The van der Waals surface area contributed by atoms with E-state index in [9.17, 15) is 0 Å². The van der Waals surface area contributed by atoms with E-state index < -0.39 is 0 Å². The van der Waals surface area contributed by atoms with Crippen LogP contribution in [0.4, 0.5) is 17.3 Å². The molecule has 0 spiro atoms. The van der Waals surface area contributed by atoms with Gasteiger partial charge in [-0.15, -0.1) is 11.3 Å². The summed E-state index contributed by atoms with van der Waals surface area (Å²) in [6, 6.07) is 3.73. The molecule has 2 heterocycles. The predicted octanol–water partition coefficient (Wildman–Crippen LogP) is 2.27. The van der Waals surface area contributed by atoms with Crippen LogP contribution in [0.1, 0.15) is 24.4 Å². The Bertz CT molecular complexity index is 483. The van der Waals surface area contributed by atoms with Crippen LogP contribution in [0.5, 0.6) is 0 Å². The molecule has 17 heavy (non-hydrogen) atoms. The van der Waals surface area contributed by atoms with Gasteiger partial charge in [-0.2, -0.15) is 0 Å². The zero-order valence-electron chi connectivity index (χ0n) is 9.55. The second kappa shape index (κ2) is 5.01. The van der Waals surface area contributed by atoms with E-state index >= 15 is 0 Å². The van der Waals surface area contributed by atoms with Gasteiger partial charge in [0.05, 0.1) is 11.7 Å². The molecule has 0 bridgehead atoms. The van der Waals surface area contributed by atoms with E-state index in [4.69, 9.17) is 11.5 Å². The molecule has 6 heteroatoms. The molecule has 0 radical (unpaired) electrons. The summed E-state index contributed by atoms with van der Waals surface area (Å²) in [6.45, 7) is 2.10. The van der Waals surface area contributed by atoms with Crippen molar-refractivity contribution in [3.05, 3.63) is 28.7 Å². The number of rotatable bonds is 4. The van der Waals surface area contributed by atoms with Crippen LogP contribution < -0.4 is 16.8 Å². The van der Waals surface area contributed by atoms with Gasteiger partial charge in [-0.05, 0) is 18.6 Å². The number of pyridine rings is 1. The average Bonchev–Trinajstić information content (AvgIpc) is 2.84. The lowest BCUT2D eigenvalue weighted by molar-refractivity contribution is 0.738. The highest BCUT2D eigenvalue weighted by atomic mass is 32.1. The van der Waals surface area contributed by atoms with Gasteiger partial charge in [-0.3, -0.25) is 0 Å². The van der Waals surface area contributed by atoms with Crippen molar-refractivity contribution in [3.63, 3.8) is 0 Å². The minimum Gasteiger partial charge on any atom is -0.396 e. The predicted molar refractivity (Wildman–Crippen MR) is 71.8 cm³/mol. The molecular formula is C11H15N5S. The van der Waals surface area contributed by atoms with Gasteiger partial charge in [-0.25, -0.2) is 9.97 Å². The quantitative estimate of drug-likeness (QED) is 0.773. The number of nitrogen functional groups attached to an aromatic ring is 2. The fourth-order valence-corrected chi connectivity index (χ4v) is 2.26. The molecular weight excluding hydrogens is 234 g/mol. The Hall–Kier alpha value is -1.82. The van der Waals surface area contributed by atoms with Crippen LogP contribution in [0.2, 0.25) is 0 Å². The van der Waals surface area contributed by atoms with Gasteiger partial charge in [0.15, 0.2) is 0 Å². The molecule has 2 aromatic heterocycles. The molecule has 0 aromatic carbocycles. The molecule has 1 atom stereocenters. The van der Waals surface area contributed by atoms with Crippen molar-refractivity contribution in [2.75, 3.05) is 16.8 Å². The number of nitrogens with two attached hydrogens (primary N) is 2. The second-order valence-corrected chi connectivity index (χ2v) is 4.57. The third-order valence-corrected chi connectivity index (χ3v) is 3.33. The molecule has 1 unspecified atom stereocenters. The third kappa shape index (κ3) is 2.65. The van der Waals surface area contributed by atoms with Gasteiger partial charge in [0.25, 0.3) is 0 Å². The minimum absolute atomic E-state index is 0.158. The Morgan fingerprint density at radius 3 is 2.82 bits per heavy atom. The van der Waals surface area contributed by atoms with Crippen LogP contribution in [0.25, 0.3) is 0 Å². The number of anilines is 3. The maximum absolute atomic E-state index is 5.67. The van der Waals surface area contributed by atoms with Gasteiger partial charge >= 0.3 is 0 Å². The van der Waals surface area contributed by atoms with Crippen molar-refractivity contribution in [1.29, 1.82) is 0 Å². The topological polar surface area (TPSA) is 89.8 Å². The van der Waals surface area contributed by atoms with Crippen molar-refractivity contribution < 1.29 is 0 Å². The Morgan fingerprint density at radius 2 is 2.24 bits per heavy atom. The monoisotopic (exact) mass is 249 g/mol. The van der Waals surface area contributed by atoms with Crippen LogP contribution in [-0.4, -0.2) is 9.97 Å². The summed E-state index contributed by atoms with van der Waals surface area (Å²) in [5.74, 6) is 1.07. The molecule has 0 aliphatic heterocycles. The molecule has 5 nitrogen and oxygen atoms in total. The summed E-state index contributed by atoms with van der Waals surface area (Å²) in [5, 5.41) is 6.31. The maximum atomic E-state index is 5.67. The van der Waals surface area contributed by atoms with E-state index in [1.807, 2.05) is 11.4 Å². The summed E-state index contributed by atoms with van der Waals surface area (Å²) in [4.78, 5) is 8.48. The number of nitrogens with zero attached hydrogens (tertiary/aromatic N) is 2. The number of hydrogen-bond donors (Lipinski definition) is 3. The molecule has 5 N–H and O–H groups in total. The van der Waals surface area contributed by atoms with Gasteiger partial charge in [-0.1, -0.05) is 6.92 Å². The van der Waals surface area contributed by atoms with Crippen molar-refractivity contribution >= 4 is 28.7 Å². The average molecular weight is 249 g/mol. The number of nitrogens with one attached hydrogen (secondary N) is 1. The van der Waals surface area contributed by atoms with Gasteiger partial charge < -0.3 is 16.8 Å². The van der Waals surface area contributed by atoms with Gasteiger partial charge in [0.1, 0.15) is 16.6 Å². The Morgan fingerprint density at radius 1 is 1.41 bits per heavy atom. The van der Waals surface area contributed by atoms with E-state index in [1.54, 1.807) is 23.6 Å². The van der Waals surface area contributed by atoms with Crippen molar-refractivity contribution in [2.24, 2.45) is 0 Å². The van der Waals surface area contributed by atoms with E-state index in [2.05, 4.69) is 22.2 Å². The first kappa shape index (κ1) is 11.7. The van der Waals surface area contributed by atoms with Crippen LogP contribution in [0, 0.1) is 0 Å². The minimum atomic E-state index is 0.158. The first-order valence-corrected chi connectivity index (χ1v) is 6.26. The Balaban J connectivity index is 2.16. The number of hydrogen-bond acceptors (Lipinski definition) is 6. The van der Waals surface area contributed by atoms with E-state index in [0.29, 0.717) is 11.5 Å². The lowest BCUT2D eigenvalue weighted by atomic mass is 10.2. The third-order valence-electron chi connectivity index (χ3n) is 2.44. The van der Waals surface area contributed by atoms with E-state index in [0.717, 1.165) is 17.2 Å². The SMILES string of the molecule is CCC(Nc1ccc(N)c(N)n1)c1nccs1. The first-order chi connectivity index (χ1) is 8.20. The largest absolute Gasteiger partial charge is 0.396 e. The lowest BCUT2D eigenvalue weighted by Gasteiger charge is -2.15. The van der Waals surface area contributed by atoms with Crippen LogP contribution in [-0.2, 0) is 0 Å².